The highest BCUT2D eigenvalue weighted by Gasteiger charge is 2.70. The number of imide groups is 1. The van der Waals surface area contributed by atoms with Gasteiger partial charge < -0.3 is 15.0 Å². The fraction of sp³-hybridized carbons (Fsp3) is 0.346. The maximum Gasteiger partial charge on any atom is 0.250 e. The summed E-state index contributed by atoms with van der Waals surface area (Å²) < 4.78 is 19.5. The third kappa shape index (κ3) is 3.08. The minimum absolute atomic E-state index is 0.214. The number of aromatic amines is 1. The fourth-order valence-electron chi connectivity index (χ4n) is 6.13. The second-order valence-corrected chi connectivity index (χ2v) is 9.44. The lowest BCUT2D eigenvalue weighted by Gasteiger charge is -2.29. The first-order valence-corrected chi connectivity index (χ1v) is 11.7. The van der Waals surface area contributed by atoms with Crippen LogP contribution in [0.5, 0.6) is 0 Å². The molecule has 3 aliphatic rings. The Kier molecular flexibility index (Phi) is 5.01. The van der Waals surface area contributed by atoms with Gasteiger partial charge in [-0.15, -0.1) is 0 Å². The third-order valence-electron chi connectivity index (χ3n) is 7.61. The molecule has 0 saturated carbocycles. The molecule has 4 heterocycles. The summed E-state index contributed by atoms with van der Waals surface area (Å²) in [6.45, 7) is 0.620. The molecule has 8 nitrogen and oxygen atoms in total. The molecule has 6 rings (SSSR count). The van der Waals surface area contributed by atoms with Crippen LogP contribution < -0.4 is 10.6 Å². The molecule has 3 aromatic rings. The first kappa shape index (κ1) is 21.9. The highest BCUT2D eigenvalue weighted by Crippen LogP contribution is 2.53. The average molecular weight is 477 g/mol. The van der Waals surface area contributed by atoms with E-state index < -0.39 is 41.0 Å². The van der Waals surface area contributed by atoms with Crippen molar-refractivity contribution in [2.75, 3.05) is 25.6 Å². The maximum absolute atomic E-state index is 14.4. The van der Waals surface area contributed by atoms with Crippen LogP contribution in [-0.2, 0) is 31.1 Å². The van der Waals surface area contributed by atoms with Gasteiger partial charge in [0.15, 0.2) is 0 Å². The zero-order valence-electron chi connectivity index (χ0n) is 19.1. The van der Waals surface area contributed by atoms with Crippen LogP contribution in [0.1, 0.15) is 17.5 Å². The highest BCUT2D eigenvalue weighted by molar-refractivity contribution is 6.15. The monoisotopic (exact) mass is 476 g/mol. The minimum atomic E-state index is -1.51. The van der Waals surface area contributed by atoms with Crippen molar-refractivity contribution in [3.63, 3.8) is 0 Å². The lowest BCUT2D eigenvalue weighted by atomic mass is 9.76. The second-order valence-electron chi connectivity index (χ2n) is 9.44. The van der Waals surface area contributed by atoms with Crippen LogP contribution in [0.15, 0.2) is 48.7 Å². The van der Waals surface area contributed by atoms with Crippen LogP contribution in [0.2, 0.25) is 0 Å². The number of rotatable bonds is 6. The predicted octanol–water partition coefficient (Wildman–Crippen LogP) is 2.31. The van der Waals surface area contributed by atoms with E-state index in [1.54, 1.807) is 7.11 Å². The summed E-state index contributed by atoms with van der Waals surface area (Å²) in [4.78, 5) is 45.3. The van der Waals surface area contributed by atoms with Crippen molar-refractivity contribution in [1.29, 1.82) is 0 Å². The molecule has 3 N–H and O–H groups in total. The van der Waals surface area contributed by atoms with Gasteiger partial charge >= 0.3 is 0 Å². The van der Waals surface area contributed by atoms with Gasteiger partial charge in [0.05, 0.1) is 11.8 Å². The van der Waals surface area contributed by atoms with Gasteiger partial charge in [-0.25, -0.2) is 4.39 Å². The van der Waals surface area contributed by atoms with Gasteiger partial charge in [0, 0.05) is 54.7 Å². The van der Waals surface area contributed by atoms with Crippen molar-refractivity contribution in [3.05, 3.63) is 65.6 Å². The van der Waals surface area contributed by atoms with Crippen LogP contribution >= 0.6 is 0 Å². The second kappa shape index (κ2) is 8.00. The molecule has 1 spiro atoms. The van der Waals surface area contributed by atoms with Crippen molar-refractivity contribution in [2.45, 2.75) is 24.4 Å². The normalized spacial score (nSPS) is 27.2. The Labute approximate surface area is 200 Å². The number of aromatic nitrogens is 1. The van der Waals surface area contributed by atoms with E-state index in [1.165, 1.54) is 23.1 Å². The quantitative estimate of drug-likeness (QED) is 0.374. The topological polar surface area (TPSA) is 104 Å². The zero-order valence-corrected chi connectivity index (χ0v) is 19.1. The molecule has 0 unspecified atom stereocenters. The number of nitrogens with zero attached hydrogens (tertiary/aromatic N) is 1. The van der Waals surface area contributed by atoms with E-state index in [1.807, 2.05) is 30.5 Å². The van der Waals surface area contributed by atoms with Crippen LogP contribution in [0, 0.1) is 17.7 Å². The standard InChI is InChI=1S/C26H25FN4O4/c1-35-10-4-9-31-23(32)21-20(11-14-13-28-18-6-3-2-5-16(14)18)30-26(22(21)24(31)33)17-12-15(27)7-8-19(17)29-25(26)34/h2-3,5-8,12-13,20-22,28,30H,4,9-11H2,1H3,(H,29,34)/t20-,21-,22+,26-/m1/s1. The number of benzene rings is 2. The number of hydrogen-bond donors (Lipinski definition) is 3. The number of carbonyl (C=O) groups is 3. The van der Waals surface area contributed by atoms with Crippen LogP contribution in [0.25, 0.3) is 10.9 Å². The smallest absolute Gasteiger partial charge is 0.250 e. The molecule has 0 bridgehead atoms. The van der Waals surface area contributed by atoms with Crippen LogP contribution in [-0.4, -0.2) is 53.9 Å². The Morgan fingerprint density at radius 2 is 1.94 bits per heavy atom. The molecule has 9 heteroatoms. The van der Waals surface area contributed by atoms with Gasteiger partial charge in [-0.2, -0.15) is 0 Å². The van der Waals surface area contributed by atoms with Gasteiger partial charge in [0.1, 0.15) is 11.4 Å². The van der Waals surface area contributed by atoms with E-state index in [2.05, 4.69) is 15.6 Å². The van der Waals surface area contributed by atoms with E-state index in [-0.39, 0.29) is 12.5 Å². The SMILES string of the molecule is COCCCN1C(=O)[C@H]2[C@@H](C1=O)[C@@]1(N[C@@H]2Cc2c[nH]c3ccccc23)C(=O)Nc2ccc(F)cc21. The summed E-state index contributed by atoms with van der Waals surface area (Å²) in [7, 11) is 1.56. The Morgan fingerprint density at radius 1 is 1.11 bits per heavy atom. The minimum Gasteiger partial charge on any atom is -0.385 e. The number of para-hydroxylation sites is 1. The number of carbonyl (C=O) groups excluding carboxylic acids is 3. The summed E-state index contributed by atoms with van der Waals surface area (Å²) in [6, 6.07) is 11.4. The highest BCUT2D eigenvalue weighted by atomic mass is 19.1. The summed E-state index contributed by atoms with van der Waals surface area (Å²) in [5.41, 5.74) is 1.26. The molecular weight excluding hydrogens is 451 g/mol. The largest absolute Gasteiger partial charge is 0.385 e. The molecule has 2 fully saturated rings. The lowest BCUT2D eigenvalue weighted by molar-refractivity contribution is -0.143. The molecular formula is C26H25FN4O4. The lowest BCUT2D eigenvalue weighted by Crippen LogP contribution is -2.53. The molecule has 1 aromatic heterocycles. The van der Waals surface area contributed by atoms with Crippen LogP contribution in [0.4, 0.5) is 10.1 Å². The van der Waals surface area contributed by atoms with Gasteiger partial charge in [-0.3, -0.25) is 24.6 Å². The van der Waals surface area contributed by atoms with E-state index >= 15 is 0 Å². The number of nitrogens with one attached hydrogen (secondary N) is 3. The first-order valence-electron chi connectivity index (χ1n) is 11.7. The molecule has 0 aliphatic carbocycles. The molecule has 35 heavy (non-hydrogen) atoms. The van der Waals surface area contributed by atoms with Gasteiger partial charge in [-0.05, 0) is 42.7 Å². The van der Waals surface area contributed by atoms with Crippen LogP contribution in [0.3, 0.4) is 0 Å². The van der Waals surface area contributed by atoms with E-state index in [0.29, 0.717) is 30.7 Å². The van der Waals surface area contributed by atoms with E-state index in [4.69, 9.17) is 4.74 Å². The number of hydrogen-bond acceptors (Lipinski definition) is 5. The Morgan fingerprint density at radius 3 is 2.77 bits per heavy atom. The summed E-state index contributed by atoms with van der Waals surface area (Å²) >= 11 is 0. The molecule has 3 amide bonds. The number of amides is 3. The van der Waals surface area contributed by atoms with Crippen molar-refractivity contribution >= 4 is 34.3 Å². The summed E-state index contributed by atoms with van der Waals surface area (Å²) in [6.07, 6.45) is 2.82. The van der Waals surface area contributed by atoms with Gasteiger partial charge in [-0.1, -0.05) is 18.2 Å². The number of halogens is 1. The number of likely N-dealkylation sites (tertiary alicyclic amines) is 1. The summed E-state index contributed by atoms with van der Waals surface area (Å²) in [5.74, 6) is -3.36. The number of ether oxygens (including phenoxy) is 1. The first-order chi connectivity index (χ1) is 17.0. The summed E-state index contributed by atoms with van der Waals surface area (Å²) in [5, 5.41) is 7.19. The number of methoxy groups -OCH3 is 1. The molecule has 3 aliphatic heterocycles. The number of anilines is 1. The molecule has 2 saturated heterocycles. The van der Waals surface area contributed by atoms with Crippen molar-refractivity contribution in [1.82, 2.24) is 15.2 Å². The Bertz CT molecular complexity index is 1370. The van der Waals surface area contributed by atoms with Gasteiger partial charge in [0.2, 0.25) is 17.7 Å². The maximum atomic E-state index is 14.4. The van der Waals surface area contributed by atoms with Crippen molar-refractivity contribution < 1.29 is 23.5 Å². The fourth-order valence-corrected chi connectivity index (χ4v) is 6.13. The molecule has 4 atom stereocenters. The predicted molar refractivity (Wildman–Crippen MR) is 126 cm³/mol. The molecule has 0 radical (unpaired) electrons. The number of H-pyrrole nitrogens is 1. The third-order valence-corrected chi connectivity index (χ3v) is 7.61. The average Bonchev–Trinajstić information content (AvgIpc) is 3.55. The van der Waals surface area contributed by atoms with E-state index in [0.717, 1.165) is 16.5 Å². The Hall–Kier alpha value is -3.56. The van der Waals surface area contributed by atoms with Gasteiger partial charge in [0.25, 0.3) is 0 Å². The molecule has 180 valence electrons. The molecule has 2 aromatic carbocycles. The van der Waals surface area contributed by atoms with Crippen molar-refractivity contribution in [2.24, 2.45) is 11.8 Å². The number of fused-ring (bicyclic) bond motifs is 5. The zero-order chi connectivity index (χ0) is 24.3. The Balaban J connectivity index is 1.45. The van der Waals surface area contributed by atoms with Crippen molar-refractivity contribution in [3.8, 4) is 0 Å². The van der Waals surface area contributed by atoms with E-state index in [9.17, 15) is 18.8 Å².